The Hall–Kier alpha value is -3.87. The second-order valence-corrected chi connectivity index (χ2v) is 14.8. The second-order valence-electron chi connectivity index (χ2n) is 12.5. The standard InChI is InChI=1S/C37H50F2N4O5S/c1-4-11-32(12-5-2)49(47,48)25-34(42-37(46)41-22-27-13-8-7-9-14-27)36(45)43(23-28-16-10-15-26(6-3)17-28)24-35(44)33(40)20-29-18-30(38)21-31(39)19-29/h7-10,13-19,21,32-35,44H,4-6,11-12,20,22-25,40H2,1-3H3,(H2,41,42,46)/t33-,34?,35+/m0/s1. The van der Waals surface area contributed by atoms with Crippen LogP contribution in [0.2, 0.25) is 0 Å². The lowest BCUT2D eigenvalue weighted by Gasteiger charge is -2.32. The zero-order chi connectivity index (χ0) is 36.0. The van der Waals surface area contributed by atoms with Gasteiger partial charge in [0.25, 0.3) is 0 Å². The van der Waals surface area contributed by atoms with E-state index in [0.29, 0.717) is 25.7 Å². The van der Waals surface area contributed by atoms with Crippen LogP contribution in [-0.4, -0.2) is 66.1 Å². The van der Waals surface area contributed by atoms with Crippen molar-refractivity contribution in [2.45, 2.75) is 95.8 Å². The van der Waals surface area contributed by atoms with Crippen LogP contribution in [0.15, 0.2) is 72.8 Å². The normalized spacial score (nSPS) is 13.5. The molecule has 0 aromatic heterocycles. The molecule has 3 aromatic carbocycles. The van der Waals surface area contributed by atoms with Gasteiger partial charge in [-0.15, -0.1) is 0 Å². The van der Waals surface area contributed by atoms with Crippen molar-refractivity contribution in [3.63, 3.8) is 0 Å². The van der Waals surface area contributed by atoms with E-state index in [0.717, 1.165) is 41.3 Å². The number of aliphatic hydroxyl groups excluding tert-OH is 1. The number of carbonyl (C=O) groups is 2. The van der Waals surface area contributed by atoms with E-state index >= 15 is 0 Å². The topological polar surface area (TPSA) is 142 Å². The molecular formula is C37H50F2N4O5S. The van der Waals surface area contributed by atoms with Gasteiger partial charge in [-0.05, 0) is 60.1 Å². The number of sulfone groups is 1. The predicted octanol–water partition coefficient (Wildman–Crippen LogP) is 5.04. The van der Waals surface area contributed by atoms with Crippen LogP contribution in [0.4, 0.5) is 13.6 Å². The molecule has 0 heterocycles. The molecule has 0 spiro atoms. The van der Waals surface area contributed by atoms with Crippen LogP contribution >= 0.6 is 0 Å². The van der Waals surface area contributed by atoms with Gasteiger partial charge in [0.2, 0.25) is 5.91 Å². The summed E-state index contributed by atoms with van der Waals surface area (Å²) in [4.78, 5) is 28.9. The van der Waals surface area contributed by atoms with Crippen molar-refractivity contribution in [2.24, 2.45) is 5.73 Å². The Bertz CT molecular complexity index is 1580. The number of halogens is 2. The number of benzene rings is 3. The summed E-state index contributed by atoms with van der Waals surface area (Å²) in [6.07, 6.45) is 1.38. The van der Waals surface area contributed by atoms with Gasteiger partial charge in [-0.1, -0.05) is 88.2 Å². The van der Waals surface area contributed by atoms with E-state index < -0.39 is 62.6 Å². The number of rotatable bonds is 19. The van der Waals surface area contributed by atoms with E-state index in [1.54, 1.807) is 0 Å². The van der Waals surface area contributed by atoms with E-state index in [1.165, 1.54) is 4.90 Å². The van der Waals surface area contributed by atoms with Crippen LogP contribution in [0.3, 0.4) is 0 Å². The third-order valence-corrected chi connectivity index (χ3v) is 10.7. The largest absolute Gasteiger partial charge is 0.390 e. The lowest BCUT2D eigenvalue weighted by molar-refractivity contribution is -0.135. The first-order valence-corrected chi connectivity index (χ1v) is 18.6. The fraction of sp³-hybridized carbons (Fsp3) is 0.459. The van der Waals surface area contributed by atoms with Gasteiger partial charge in [0.05, 0.1) is 17.1 Å². The van der Waals surface area contributed by atoms with Crippen LogP contribution in [0.1, 0.15) is 68.7 Å². The number of carbonyl (C=O) groups excluding carboxylic acids is 2. The zero-order valence-corrected chi connectivity index (χ0v) is 29.4. The number of nitrogens with one attached hydrogen (secondary N) is 2. The molecule has 3 atom stereocenters. The van der Waals surface area contributed by atoms with Crippen LogP contribution in [-0.2, 0) is 40.6 Å². The van der Waals surface area contributed by atoms with Crippen LogP contribution in [0.5, 0.6) is 0 Å². The maximum absolute atomic E-state index is 14.4. The highest BCUT2D eigenvalue weighted by atomic mass is 32.2. The Balaban J connectivity index is 1.94. The molecular weight excluding hydrogens is 650 g/mol. The lowest BCUT2D eigenvalue weighted by Crippen LogP contribution is -2.56. The third kappa shape index (κ3) is 12.8. The summed E-state index contributed by atoms with van der Waals surface area (Å²) in [5, 5.41) is 15.9. The van der Waals surface area contributed by atoms with Gasteiger partial charge in [-0.2, -0.15) is 0 Å². The number of urea groups is 1. The summed E-state index contributed by atoms with van der Waals surface area (Å²) in [5.74, 6) is -2.91. The minimum atomic E-state index is -3.86. The average Bonchev–Trinajstić information content (AvgIpc) is 3.06. The molecule has 0 aliphatic carbocycles. The van der Waals surface area contributed by atoms with Gasteiger partial charge in [-0.3, -0.25) is 4.79 Å². The second kappa shape index (κ2) is 19.4. The molecule has 268 valence electrons. The van der Waals surface area contributed by atoms with Gasteiger partial charge in [0, 0.05) is 31.7 Å². The molecule has 3 rings (SSSR count). The van der Waals surface area contributed by atoms with Crippen LogP contribution < -0.4 is 16.4 Å². The highest BCUT2D eigenvalue weighted by Crippen LogP contribution is 2.19. The Morgan fingerprint density at radius 2 is 1.47 bits per heavy atom. The monoisotopic (exact) mass is 700 g/mol. The van der Waals surface area contributed by atoms with E-state index in [2.05, 4.69) is 10.6 Å². The van der Waals surface area contributed by atoms with Gasteiger partial charge in [-0.25, -0.2) is 22.0 Å². The minimum absolute atomic E-state index is 0.0116. The number of amides is 3. The Kier molecular flexibility index (Phi) is 15.6. The molecule has 49 heavy (non-hydrogen) atoms. The summed E-state index contributed by atoms with van der Waals surface area (Å²) >= 11 is 0. The van der Waals surface area contributed by atoms with Crippen molar-refractivity contribution in [2.75, 3.05) is 12.3 Å². The summed E-state index contributed by atoms with van der Waals surface area (Å²) in [5.41, 5.74) is 9.07. The smallest absolute Gasteiger partial charge is 0.315 e. The molecule has 1 unspecified atom stereocenters. The van der Waals surface area contributed by atoms with Crippen molar-refractivity contribution in [3.8, 4) is 0 Å². The molecule has 0 radical (unpaired) electrons. The number of aryl methyl sites for hydroxylation is 1. The molecule has 9 nitrogen and oxygen atoms in total. The molecule has 12 heteroatoms. The average molecular weight is 701 g/mol. The first kappa shape index (κ1) is 39.6. The molecule has 0 saturated heterocycles. The summed E-state index contributed by atoms with van der Waals surface area (Å²) in [6.45, 7) is 5.59. The summed E-state index contributed by atoms with van der Waals surface area (Å²) in [6, 6.07) is 16.4. The van der Waals surface area contributed by atoms with E-state index in [1.807, 2.05) is 75.4 Å². The Morgan fingerprint density at radius 1 is 0.857 bits per heavy atom. The Morgan fingerprint density at radius 3 is 2.08 bits per heavy atom. The number of hydrogen-bond acceptors (Lipinski definition) is 6. The Labute approximate surface area is 289 Å². The highest BCUT2D eigenvalue weighted by Gasteiger charge is 2.35. The molecule has 0 fully saturated rings. The van der Waals surface area contributed by atoms with Gasteiger partial charge < -0.3 is 26.4 Å². The minimum Gasteiger partial charge on any atom is -0.390 e. The SMILES string of the molecule is CCCC(CCC)S(=O)(=O)CC(NC(=O)NCc1ccccc1)C(=O)N(Cc1cccc(CC)c1)C[C@@H](O)[C@@H](N)Cc1cc(F)cc(F)c1. The molecule has 0 bridgehead atoms. The van der Waals surface area contributed by atoms with Crippen molar-refractivity contribution >= 4 is 21.8 Å². The van der Waals surface area contributed by atoms with Crippen molar-refractivity contribution < 1.29 is 31.9 Å². The molecule has 3 amide bonds. The molecule has 0 aliphatic heterocycles. The van der Waals surface area contributed by atoms with E-state index in [-0.39, 0.29) is 31.6 Å². The number of nitrogens with two attached hydrogens (primary N) is 1. The molecule has 5 N–H and O–H groups in total. The zero-order valence-electron chi connectivity index (χ0n) is 28.6. The third-order valence-electron chi connectivity index (χ3n) is 8.41. The fourth-order valence-corrected chi connectivity index (χ4v) is 7.95. The van der Waals surface area contributed by atoms with Gasteiger partial charge in [0.1, 0.15) is 17.7 Å². The number of nitrogens with zero attached hydrogens (tertiary/aromatic N) is 1. The van der Waals surface area contributed by atoms with Crippen molar-refractivity contribution in [3.05, 3.63) is 107 Å². The highest BCUT2D eigenvalue weighted by molar-refractivity contribution is 7.92. The fourth-order valence-electron chi connectivity index (χ4n) is 5.80. The maximum Gasteiger partial charge on any atom is 0.315 e. The first-order valence-electron chi connectivity index (χ1n) is 16.9. The first-order chi connectivity index (χ1) is 23.3. The van der Waals surface area contributed by atoms with E-state index in [9.17, 15) is 31.9 Å². The van der Waals surface area contributed by atoms with E-state index in [4.69, 9.17) is 5.73 Å². The van der Waals surface area contributed by atoms with Gasteiger partial charge >= 0.3 is 6.03 Å². The number of hydrogen-bond donors (Lipinski definition) is 4. The summed E-state index contributed by atoms with van der Waals surface area (Å²) in [7, 11) is -3.86. The van der Waals surface area contributed by atoms with Crippen molar-refractivity contribution in [1.82, 2.24) is 15.5 Å². The number of aliphatic hydroxyl groups is 1. The molecule has 3 aromatic rings. The predicted molar refractivity (Wildman–Crippen MR) is 188 cm³/mol. The van der Waals surface area contributed by atoms with Crippen LogP contribution in [0, 0.1) is 11.6 Å². The van der Waals surface area contributed by atoms with Crippen LogP contribution in [0.25, 0.3) is 0 Å². The molecule has 0 saturated carbocycles. The maximum atomic E-state index is 14.4. The molecule has 0 aliphatic rings. The van der Waals surface area contributed by atoms with Gasteiger partial charge in [0.15, 0.2) is 9.84 Å². The lowest BCUT2D eigenvalue weighted by atomic mass is 10.0. The van der Waals surface area contributed by atoms with Crippen molar-refractivity contribution in [1.29, 1.82) is 0 Å². The summed E-state index contributed by atoms with van der Waals surface area (Å²) < 4.78 is 55.2. The quantitative estimate of drug-likeness (QED) is 0.138.